The molecular formula is C52H85NO8. The van der Waals surface area contributed by atoms with E-state index in [1.807, 2.05) is 33.3 Å². The molecule has 0 aliphatic heterocycles. The van der Waals surface area contributed by atoms with Crippen LogP contribution in [0.5, 0.6) is 0 Å². The first-order chi connectivity index (χ1) is 29.6. The van der Waals surface area contributed by atoms with E-state index < -0.39 is 30.3 Å². The summed E-state index contributed by atoms with van der Waals surface area (Å²) in [4.78, 5) is 37.0. The molecule has 0 radical (unpaired) electrons. The standard InChI is InChI=1S/C52H85NO8/c1-6-8-10-12-14-16-18-20-21-22-23-24-25-26-27-28-29-31-33-35-37-39-41-43-50(55)61-48(47-60-52(51(56)57)58-45-44-53(3,4)5)46-59-49(54)42-40-38-36-34-32-30-19-17-15-13-11-9-7-2/h8-11,14-17,20-21,23-24,30,32,36,38,48,52H,6-7,12-13,18-19,22,25-29,31,33-35,37,39-47H2,1-5H3/b10-8-,11-9-,16-14-,17-15-,21-20-,24-23-,32-30-,38-36-. The molecule has 0 rings (SSSR count). The normalized spacial score (nSPS) is 13.8. The van der Waals surface area contributed by atoms with Gasteiger partial charge in [0.15, 0.2) is 12.4 Å². The Labute approximate surface area is 372 Å². The second kappa shape index (κ2) is 42.9. The first kappa shape index (κ1) is 57.2. The average Bonchev–Trinajstić information content (AvgIpc) is 3.22. The quantitative estimate of drug-likeness (QED) is 0.0197. The highest BCUT2D eigenvalue weighted by molar-refractivity contribution is 5.70. The molecule has 0 saturated carbocycles. The summed E-state index contributed by atoms with van der Waals surface area (Å²) < 4.78 is 22.5. The van der Waals surface area contributed by atoms with Gasteiger partial charge in [-0.2, -0.15) is 0 Å². The third kappa shape index (κ3) is 44.1. The fourth-order valence-corrected chi connectivity index (χ4v) is 5.77. The van der Waals surface area contributed by atoms with Gasteiger partial charge in [0.1, 0.15) is 13.2 Å². The van der Waals surface area contributed by atoms with Crippen molar-refractivity contribution in [3.63, 3.8) is 0 Å². The molecule has 9 heteroatoms. The Morgan fingerprint density at radius 3 is 1.38 bits per heavy atom. The number of allylic oxidation sites excluding steroid dienone is 16. The highest BCUT2D eigenvalue weighted by Gasteiger charge is 2.21. The van der Waals surface area contributed by atoms with Crippen LogP contribution in [0.2, 0.25) is 0 Å². The fraction of sp³-hybridized carbons (Fsp3) is 0.635. The number of carbonyl (C=O) groups is 3. The van der Waals surface area contributed by atoms with Crippen molar-refractivity contribution < 1.29 is 42.9 Å². The molecule has 0 spiro atoms. The van der Waals surface area contributed by atoms with E-state index in [1.165, 1.54) is 38.5 Å². The zero-order valence-electron chi connectivity index (χ0n) is 39.0. The molecule has 9 nitrogen and oxygen atoms in total. The van der Waals surface area contributed by atoms with Crippen molar-refractivity contribution in [2.24, 2.45) is 0 Å². The monoisotopic (exact) mass is 852 g/mol. The maximum absolute atomic E-state index is 12.8. The molecule has 0 aliphatic carbocycles. The highest BCUT2D eigenvalue weighted by atomic mass is 16.7. The number of esters is 2. The molecule has 0 N–H and O–H groups in total. The molecule has 0 heterocycles. The van der Waals surface area contributed by atoms with E-state index in [0.29, 0.717) is 23.9 Å². The van der Waals surface area contributed by atoms with Crippen LogP contribution in [0.25, 0.3) is 0 Å². The summed E-state index contributed by atoms with van der Waals surface area (Å²) in [5.41, 5.74) is 0. The van der Waals surface area contributed by atoms with Crippen molar-refractivity contribution in [2.45, 2.75) is 167 Å². The van der Waals surface area contributed by atoms with Gasteiger partial charge in [-0.1, -0.05) is 162 Å². The zero-order valence-corrected chi connectivity index (χ0v) is 39.0. The first-order valence-electron chi connectivity index (χ1n) is 23.4. The van der Waals surface area contributed by atoms with E-state index in [2.05, 4.69) is 98.9 Å². The second-order valence-corrected chi connectivity index (χ2v) is 16.3. The van der Waals surface area contributed by atoms with Crippen LogP contribution in [0, 0.1) is 0 Å². The van der Waals surface area contributed by atoms with Gasteiger partial charge in [0.2, 0.25) is 0 Å². The number of rotatable bonds is 41. The number of carboxylic acid groups (broad SMARTS) is 1. The van der Waals surface area contributed by atoms with Crippen molar-refractivity contribution in [3.05, 3.63) is 97.2 Å². The smallest absolute Gasteiger partial charge is 0.306 e. The van der Waals surface area contributed by atoms with E-state index in [4.69, 9.17) is 18.9 Å². The molecule has 0 fully saturated rings. The number of quaternary nitrogens is 1. The predicted octanol–water partition coefficient (Wildman–Crippen LogP) is 11.3. The number of hydrogen-bond acceptors (Lipinski definition) is 8. The maximum atomic E-state index is 12.8. The third-order valence-electron chi connectivity index (χ3n) is 9.34. The van der Waals surface area contributed by atoms with Gasteiger partial charge in [-0.25, -0.2) is 0 Å². The Hall–Kier alpha value is -3.79. The van der Waals surface area contributed by atoms with Gasteiger partial charge in [0, 0.05) is 12.8 Å². The van der Waals surface area contributed by atoms with Crippen molar-refractivity contribution in [2.75, 3.05) is 47.5 Å². The van der Waals surface area contributed by atoms with E-state index in [1.54, 1.807) is 0 Å². The highest BCUT2D eigenvalue weighted by Crippen LogP contribution is 2.13. The van der Waals surface area contributed by atoms with E-state index >= 15 is 0 Å². The summed E-state index contributed by atoms with van der Waals surface area (Å²) in [7, 11) is 5.88. The summed E-state index contributed by atoms with van der Waals surface area (Å²) in [6.45, 7) is 4.39. The minimum atomic E-state index is -1.64. The SMILES string of the molecule is CC/C=C\C/C=C\C/C=C\C/C=C\CCCCCCCCCCCCC(=O)OC(COC(=O)CC/C=C\C/C=C\C/C=C\C/C=C\CC)COC(OCC[N+](C)(C)C)C(=O)[O-]. The van der Waals surface area contributed by atoms with Crippen LogP contribution >= 0.6 is 0 Å². The largest absolute Gasteiger partial charge is 0.545 e. The van der Waals surface area contributed by atoms with Crippen LogP contribution in [0.4, 0.5) is 0 Å². The molecule has 346 valence electrons. The number of carboxylic acids is 1. The van der Waals surface area contributed by atoms with Crippen LogP contribution < -0.4 is 5.11 Å². The molecule has 0 amide bonds. The van der Waals surface area contributed by atoms with Gasteiger partial charge < -0.3 is 33.3 Å². The van der Waals surface area contributed by atoms with Gasteiger partial charge in [-0.15, -0.1) is 0 Å². The molecule has 0 saturated heterocycles. The number of aliphatic carboxylic acids is 1. The lowest BCUT2D eigenvalue weighted by molar-refractivity contribution is -0.870. The lowest BCUT2D eigenvalue weighted by Crippen LogP contribution is -2.44. The Kier molecular flexibility index (Phi) is 40.2. The van der Waals surface area contributed by atoms with E-state index in [9.17, 15) is 19.5 Å². The van der Waals surface area contributed by atoms with E-state index in [0.717, 1.165) is 77.0 Å². The number of likely N-dealkylation sites (N-methyl/N-ethyl adjacent to an activating group) is 1. The van der Waals surface area contributed by atoms with Crippen molar-refractivity contribution in [3.8, 4) is 0 Å². The summed E-state index contributed by atoms with van der Waals surface area (Å²) in [5, 5.41) is 11.7. The third-order valence-corrected chi connectivity index (χ3v) is 9.34. The Balaban J connectivity index is 4.44. The van der Waals surface area contributed by atoms with Crippen molar-refractivity contribution in [1.29, 1.82) is 0 Å². The van der Waals surface area contributed by atoms with Crippen molar-refractivity contribution >= 4 is 17.9 Å². The number of nitrogens with zero attached hydrogens (tertiary/aromatic N) is 1. The summed E-state index contributed by atoms with van der Waals surface area (Å²) in [6, 6.07) is 0. The average molecular weight is 852 g/mol. The summed E-state index contributed by atoms with van der Waals surface area (Å²) in [6.07, 6.45) is 53.2. The number of unbranched alkanes of at least 4 members (excludes halogenated alkanes) is 10. The predicted molar refractivity (Wildman–Crippen MR) is 250 cm³/mol. The molecule has 2 unspecified atom stereocenters. The fourth-order valence-electron chi connectivity index (χ4n) is 5.77. The maximum Gasteiger partial charge on any atom is 0.306 e. The van der Waals surface area contributed by atoms with Gasteiger partial charge in [0.05, 0.1) is 40.3 Å². The first-order valence-corrected chi connectivity index (χ1v) is 23.4. The van der Waals surface area contributed by atoms with Crippen LogP contribution in [0.1, 0.15) is 155 Å². The van der Waals surface area contributed by atoms with Gasteiger partial charge in [-0.3, -0.25) is 9.59 Å². The molecule has 0 aliphatic rings. The molecule has 0 aromatic heterocycles. The number of ether oxygens (including phenoxy) is 4. The van der Waals surface area contributed by atoms with Crippen LogP contribution in [0.3, 0.4) is 0 Å². The molecule has 0 bridgehead atoms. The van der Waals surface area contributed by atoms with Gasteiger partial charge in [0.25, 0.3) is 0 Å². The van der Waals surface area contributed by atoms with Crippen LogP contribution in [-0.4, -0.2) is 82.3 Å². The lowest BCUT2D eigenvalue weighted by Gasteiger charge is -2.26. The molecular weight excluding hydrogens is 767 g/mol. The van der Waals surface area contributed by atoms with Gasteiger partial charge >= 0.3 is 11.9 Å². The summed E-state index contributed by atoms with van der Waals surface area (Å²) in [5.74, 6) is -2.41. The minimum Gasteiger partial charge on any atom is -0.545 e. The number of carbonyl (C=O) groups excluding carboxylic acids is 3. The van der Waals surface area contributed by atoms with Crippen LogP contribution in [0.15, 0.2) is 97.2 Å². The van der Waals surface area contributed by atoms with E-state index in [-0.39, 0.29) is 32.7 Å². The van der Waals surface area contributed by atoms with Gasteiger partial charge in [-0.05, 0) is 77.0 Å². The van der Waals surface area contributed by atoms with Crippen LogP contribution in [-0.2, 0) is 33.3 Å². The van der Waals surface area contributed by atoms with Crippen molar-refractivity contribution in [1.82, 2.24) is 0 Å². The summed E-state index contributed by atoms with van der Waals surface area (Å²) >= 11 is 0. The second-order valence-electron chi connectivity index (χ2n) is 16.3. The minimum absolute atomic E-state index is 0.131. The Morgan fingerprint density at radius 2 is 0.918 bits per heavy atom. The topological polar surface area (TPSA) is 111 Å². The molecule has 0 aromatic rings. The lowest BCUT2D eigenvalue weighted by atomic mass is 10.0. The molecule has 61 heavy (non-hydrogen) atoms. The zero-order chi connectivity index (χ0) is 44.9. The molecule has 0 aromatic carbocycles. The Bertz CT molecular complexity index is 1320. The number of hydrogen-bond donors (Lipinski definition) is 0. The Morgan fingerprint density at radius 1 is 0.492 bits per heavy atom. The molecule has 2 atom stereocenters.